The first-order valence-corrected chi connectivity index (χ1v) is 19.7. The summed E-state index contributed by atoms with van der Waals surface area (Å²) in [4.78, 5) is 28.2. The van der Waals surface area contributed by atoms with Gasteiger partial charge in [0.25, 0.3) is 5.91 Å². The van der Waals surface area contributed by atoms with E-state index in [9.17, 15) is 14.7 Å². The smallest absolute Gasteiger partial charge is 0.411 e. The number of nitrogens with one attached hydrogen (secondary N) is 2. The molecular weight excluding hydrogens is 655 g/mol. The van der Waals surface area contributed by atoms with Crippen molar-refractivity contribution in [2.75, 3.05) is 30.5 Å². The standard InChI is InChI=1S/C39H51N3O5S2/c1-39(2,3)47-38(45)42-27-48-26-30(42)23-40-34(24-41-37(44)33-16-10-11-17-35(33)43)36(49-25-29-12-6-4-7-13-29)22-28-18-20-32(21-19-28)46-31-14-8-5-9-15-31/h5,8-11,14-21,29-30,34,36,40,43H,4,6-7,12-13,22-27H2,1-3H3,(H,41,44)/t30-,34?,36?/m1/s1. The average Bonchev–Trinajstić information content (AvgIpc) is 3.57. The van der Waals surface area contributed by atoms with Gasteiger partial charge in [0.1, 0.15) is 22.8 Å². The molecule has 3 N–H and O–H groups in total. The second kappa shape index (κ2) is 18.1. The summed E-state index contributed by atoms with van der Waals surface area (Å²) in [5, 5.41) is 17.4. The van der Waals surface area contributed by atoms with Crippen LogP contribution in [0.2, 0.25) is 0 Å². The van der Waals surface area contributed by atoms with E-state index in [0.717, 1.165) is 29.4 Å². The molecule has 2 unspecified atom stereocenters. The largest absolute Gasteiger partial charge is 0.507 e. The Morgan fingerprint density at radius 2 is 1.65 bits per heavy atom. The number of carbonyl (C=O) groups is 2. The van der Waals surface area contributed by atoms with E-state index in [-0.39, 0.29) is 40.6 Å². The van der Waals surface area contributed by atoms with E-state index < -0.39 is 5.60 Å². The van der Waals surface area contributed by atoms with Crippen molar-refractivity contribution in [3.8, 4) is 17.2 Å². The van der Waals surface area contributed by atoms with Crippen LogP contribution in [0, 0.1) is 5.92 Å². The van der Waals surface area contributed by atoms with Crippen molar-refractivity contribution in [2.24, 2.45) is 5.92 Å². The number of carbonyl (C=O) groups excluding carboxylic acids is 2. The lowest BCUT2D eigenvalue weighted by molar-refractivity contribution is 0.0238. The van der Waals surface area contributed by atoms with Gasteiger partial charge in [0.2, 0.25) is 0 Å². The lowest BCUT2D eigenvalue weighted by Gasteiger charge is -2.33. The molecule has 1 aliphatic carbocycles. The maximum Gasteiger partial charge on any atom is 0.411 e. The summed E-state index contributed by atoms with van der Waals surface area (Å²) in [6.45, 7) is 6.61. The summed E-state index contributed by atoms with van der Waals surface area (Å²) in [5.74, 6) is 4.39. The molecule has 10 heteroatoms. The van der Waals surface area contributed by atoms with Crippen LogP contribution in [0.25, 0.3) is 0 Å². The van der Waals surface area contributed by atoms with Gasteiger partial charge in [-0.05, 0) is 93.7 Å². The molecule has 2 fully saturated rings. The van der Waals surface area contributed by atoms with Crippen LogP contribution >= 0.6 is 23.5 Å². The third kappa shape index (κ3) is 11.6. The number of para-hydroxylation sites is 2. The van der Waals surface area contributed by atoms with E-state index in [2.05, 4.69) is 22.8 Å². The molecule has 0 spiro atoms. The Kier molecular flexibility index (Phi) is 13.6. The normalized spacial score (nSPS) is 18.1. The third-order valence-electron chi connectivity index (χ3n) is 8.91. The highest BCUT2D eigenvalue weighted by atomic mass is 32.2. The number of phenolic OH excluding ortho intramolecular Hbond substituents is 1. The Morgan fingerprint density at radius 3 is 2.37 bits per heavy atom. The zero-order valence-electron chi connectivity index (χ0n) is 28.9. The minimum Gasteiger partial charge on any atom is -0.507 e. The van der Waals surface area contributed by atoms with Crippen LogP contribution in [-0.2, 0) is 11.2 Å². The van der Waals surface area contributed by atoms with Crippen LogP contribution in [-0.4, -0.2) is 75.4 Å². The van der Waals surface area contributed by atoms with Gasteiger partial charge >= 0.3 is 6.09 Å². The van der Waals surface area contributed by atoms with E-state index in [1.165, 1.54) is 43.7 Å². The van der Waals surface area contributed by atoms with E-state index in [1.807, 2.05) is 79.9 Å². The van der Waals surface area contributed by atoms with Gasteiger partial charge < -0.3 is 25.2 Å². The van der Waals surface area contributed by atoms with Crippen LogP contribution < -0.4 is 15.4 Å². The Hall–Kier alpha value is -3.34. The van der Waals surface area contributed by atoms with Gasteiger partial charge in [-0.25, -0.2) is 4.79 Å². The molecule has 5 rings (SSSR count). The second-order valence-corrected chi connectivity index (χ2v) is 16.3. The van der Waals surface area contributed by atoms with Gasteiger partial charge in [-0.1, -0.05) is 61.7 Å². The Labute approximate surface area is 300 Å². The number of hydrogen-bond donors (Lipinski definition) is 3. The van der Waals surface area contributed by atoms with Crippen molar-refractivity contribution in [3.05, 3.63) is 90.0 Å². The zero-order chi connectivity index (χ0) is 34.6. The monoisotopic (exact) mass is 705 g/mol. The highest BCUT2D eigenvalue weighted by molar-refractivity contribution is 8.00. The highest BCUT2D eigenvalue weighted by Gasteiger charge is 2.34. The second-order valence-electron chi connectivity index (χ2n) is 14.0. The Balaban J connectivity index is 1.34. The first-order valence-electron chi connectivity index (χ1n) is 17.4. The number of thioether (sulfide) groups is 2. The maximum absolute atomic E-state index is 13.3. The molecule has 3 aromatic carbocycles. The number of benzene rings is 3. The molecule has 1 saturated carbocycles. The third-order valence-corrected chi connectivity index (χ3v) is 11.6. The predicted molar refractivity (Wildman–Crippen MR) is 201 cm³/mol. The zero-order valence-corrected chi connectivity index (χ0v) is 30.6. The van der Waals surface area contributed by atoms with Crippen LogP contribution in [0.5, 0.6) is 17.2 Å². The number of aromatic hydroxyl groups is 1. The number of hydrogen-bond acceptors (Lipinski definition) is 8. The minimum absolute atomic E-state index is 0.0327. The first kappa shape index (κ1) is 36.9. The lowest BCUT2D eigenvalue weighted by Crippen LogP contribution is -2.53. The SMILES string of the molecule is CC(C)(C)OC(=O)N1CSC[C@H]1CNC(CNC(=O)c1ccccc1O)C(Cc1ccc(Oc2ccccc2)cc1)SCC1CCCCC1. The quantitative estimate of drug-likeness (QED) is 0.155. The molecule has 8 nitrogen and oxygen atoms in total. The molecule has 1 heterocycles. The highest BCUT2D eigenvalue weighted by Crippen LogP contribution is 2.32. The van der Waals surface area contributed by atoms with Gasteiger partial charge in [0.15, 0.2) is 0 Å². The summed E-state index contributed by atoms with van der Waals surface area (Å²) < 4.78 is 11.8. The van der Waals surface area contributed by atoms with E-state index in [4.69, 9.17) is 9.47 Å². The number of ether oxygens (including phenoxy) is 2. The van der Waals surface area contributed by atoms with Gasteiger partial charge in [-0.3, -0.25) is 9.69 Å². The molecule has 0 radical (unpaired) electrons. The fraction of sp³-hybridized carbons (Fsp3) is 0.487. The summed E-state index contributed by atoms with van der Waals surface area (Å²) >= 11 is 3.71. The molecule has 0 bridgehead atoms. The molecule has 2 amide bonds. The van der Waals surface area contributed by atoms with Gasteiger partial charge in [-0.2, -0.15) is 11.8 Å². The topological polar surface area (TPSA) is 100 Å². The van der Waals surface area contributed by atoms with Crippen LogP contribution in [0.4, 0.5) is 4.79 Å². The fourth-order valence-electron chi connectivity index (χ4n) is 6.24. The molecule has 2 aliphatic rings. The van der Waals surface area contributed by atoms with Crippen molar-refractivity contribution < 1.29 is 24.2 Å². The molecule has 49 heavy (non-hydrogen) atoms. The van der Waals surface area contributed by atoms with Crippen molar-refractivity contribution in [1.29, 1.82) is 0 Å². The number of rotatable bonds is 14. The number of nitrogens with zero attached hydrogens (tertiary/aromatic N) is 1. The fourth-order valence-corrected chi connectivity index (χ4v) is 9.02. The molecule has 1 saturated heterocycles. The van der Waals surface area contributed by atoms with E-state index in [0.29, 0.717) is 24.9 Å². The molecule has 0 aromatic heterocycles. The van der Waals surface area contributed by atoms with Crippen molar-refractivity contribution >= 4 is 35.5 Å². The van der Waals surface area contributed by atoms with Crippen LogP contribution in [0.1, 0.15) is 68.8 Å². The Bertz CT molecular complexity index is 1480. The average molecular weight is 706 g/mol. The molecule has 3 atom stereocenters. The molecule has 264 valence electrons. The first-order chi connectivity index (χ1) is 23.6. The predicted octanol–water partition coefficient (Wildman–Crippen LogP) is 8.11. The summed E-state index contributed by atoms with van der Waals surface area (Å²) in [6, 6.07) is 24.5. The van der Waals surface area contributed by atoms with Crippen molar-refractivity contribution in [2.45, 2.75) is 82.2 Å². The molecule has 1 aliphatic heterocycles. The number of amides is 2. The summed E-state index contributed by atoms with van der Waals surface area (Å²) in [5.41, 5.74) is 0.873. The minimum atomic E-state index is -0.569. The van der Waals surface area contributed by atoms with Crippen LogP contribution in [0.3, 0.4) is 0 Å². The summed E-state index contributed by atoms with van der Waals surface area (Å²) in [6.07, 6.45) is 6.92. The van der Waals surface area contributed by atoms with Gasteiger partial charge in [0.05, 0.1) is 17.5 Å². The van der Waals surface area contributed by atoms with Gasteiger partial charge in [-0.15, -0.1) is 11.8 Å². The van der Waals surface area contributed by atoms with E-state index in [1.54, 1.807) is 30.0 Å². The Morgan fingerprint density at radius 1 is 0.959 bits per heavy atom. The van der Waals surface area contributed by atoms with Gasteiger partial charge in [0, 0.05) is 30.1 Å². The lowest BCUT2D eigenvalue weighted by atomic mass is 9.91. The van der Waals surface area contributed by atoms with Crippen molar-refractivity contribution in [3.63, 3.8) is 0 Å². The van der Waals surface area contributed by atoms with Crippen molar-refractivity contribution in [1.82, 2.24) is 15.5 Å². The van der Waals surface area contributed by atoms with E-state index >= 15 is 0 Å². The number of phenols is 1. The summed E-state index contributed by atoms with van der Waals surface area (Å²) in [7, 11) is 0. The molecular formula is C39H51N3O5S2. The van der Waals surface area contributed by atoms with Crippen LogP contribution in [0.15, 0.2) is 78.9 Å². The molecule has 3 aromatic rings. The maximum atomic E-state index is 13.3.